The zero-order valence-electron chi connectivity index (χ0n) is 10.0. The van der Waals surface area contributed by atoms with E-state index in [1.165, 1.54) is 28.7 Å². The number of non-ortho nitro benzene ring substituents is 1. The van der Waals surface area contributed by atoms with Gasteiger partial charge in [0.1, 0.15) is 5.69 Å². The fraction of sp³-hybridized carbons (Fsp3) is 0. The molecule has 0 unspecified atom stereocenters. The van der Waals surface area contributed by atoms with E-state index in [4.69, 9.17) is 0 Å². The third kappa shape index (κ3) is 1.79. The molecule has 0 amide bonds. The highest BCUT2D eigenvalue weighted by atomic mass is 16.6. The van der Waals surface area contributed by atoms with Crippen LogP contribution in [-0.2, 0) is 0 Å². The SMILES string of the molecule is O=Nc1c(-c2ccc([N+](=O)[O-])cc2)nc2ncccn12. The van der Waals surface area contributed by atoms with Crippen molar-refractivity contribution in [3.05, 3.63) is 57.7 Å². The number of nitrogens with zero attached hydrogens (tertiary/aromatic N) is 5. The highest BCUT2D eigenvalue weighted by molar-refractivity contribution is 5.74. The predicted molar refractivity (Wildman–Crippen MR) is 70.5 cm³/mol. The molecule has 2 heterocycles. The molecule has 0 fully saturated rings. The summed E-state index contributed by atoms with van der Waals surface area (Å²) in [5.41, 5.74) is 0.876. The number of aromatic nitrogens is 3. The third-order valence-electron chi connectivity index (χ3n) is 2.82. The molecule has 0 N–H and O–H groups in total. The lowest BCUT2D eigenvalue weighted by molar-refractivity contribution is -0.384. The predicted octanol–water partition coefficient (Wildman–Crippen LogP) is 2.70. The van der Waals surface area contributed by atoms with Crippen LogP contribution in [0, 0.1) is 15.0 Å². The standard InChI is InChI=1S/C12H7N5O3/c18-15-11-10(14-12-13-6-1-7-16(11)12)8-2-4-9(5-3-8)17(19)20/h1-7H. The van der Waals surface area contributed by atoms with Crippen molar-refractivity contribution in [3.8, 4) is 11.3 Å². The van der Waals surface area contributed by atoms with Crippen molar-refractivity contribution in [2.75, 3.05) is 0 Å². The van der Waals surface area contributed by atoms with E-state index in [-0.39, 0.29) is 11.5 Å². The number of fused-ring (bicyclic) bond motifs is 1. The van der Waals surface area contributed by atoms with Crippen molar-refractivity contribution in [2.45, 2.75) is 0 Å². The fourth-order valence-electron chi connectivity index (χ4n) is 1.90. The van der Waals surface area contributed by atoms with E-state index >= 15 is 0 Å². The van der Waals surface area contributed by atoms with E-state index in [0.717, 1.165) is 0 Å². The Hall–Kier alpha value is -3.16. The smallest absolute Gasteiger partial charge is 0.265 e. The Bertz CT molecular complexity index is 810. The number of nitro benzene ring substituents is 1. The quantitative estimate of drug-likeness (QED) is 0.413. The first-order chi connectivity index (χ1) is 9.70. The lowest BCUT2D eigenvalue weighted by Crippen LogP contribution is -1.87. The molecule has 2 aromatic heterocycles. The number of imidazole rings is 1. The van der Waals surface area contributed by atoms with Crippen LogP contribution in [0.1, 0.15) is 0 Å². The van der Waals surface area contributed by atoms with Crippen LogP contribution in [0.5, 0.6) is 0 Å². The summed E-state index contributed by atoms with van der Waals surface area (Å²) in [5.74, 6) is 0.456. The summed E-state index contributed by atoms with van der Waals surface area (Å²) in [4.78, 5) is 29.4. The van der Waals surface area contributed by atoms with Crippen molar-refractivity contribution in [1.29, 1.82) is 0 Å². The van der Waals surface area contributed by atoms with Gasteiger partial charge in [0.15, 0.2) is 0 Å². The highest BCUT2D eigenvalue weighted by Crippen LogP contribution is 2.30. The number of nitroso groups, excluding NO2 is 1. The van der Waals surface area contributed by atoms with Crippen molar-refractivity contribution in [3.63, 3.8) is 0 Å². The molecule has 0 aliphatic carbocycles. The van der Waals surface area contributed by atoms with Crippen LogP contribution < -0.4 is 0 Å². The summed E-state index contributed by atoms with van der Waals surface area (Å²) in [7, 11) is 0. The molecule has 0 atom stereocenters. The molecule has 0 spiro atoms. The first-order valence-electron chi connectivity index (χ1n) is 5.62. The van der Waals surface area contributed by atoms with Gasteiger partial charge in [-0.1, -0.05) is 0 Å². The average Bonchev–Trinajstić information content (AvgIpc) is 2.85. The van der Waals surface area contributed by atoms with Crippen LogP contribution in [0.2, 0.25) is 0 Å². The van der Waals surface area contributed by atoms with E-state index in [1.54, 1.807) is 18.5 Å². The van der Waals surface area contributed by atoms with Crippen molar-refractivity contribution >= 4 is 17.3 Å². The molecule has 8 heteroatoms. The fourth-order valence-corrected chi connectivity index (χ4v) is 1.90. The van der Waals surface area contributed by atoms with Gasteiger partial charge >= 0.3 is 0 Å². The van der Waals surface area contributed by atoms with Gasteiger partial charge in [0, 0.05) is 30.1 Å². The van der Waals surface area contributed by atoms with E-state index in [9.17, 15) is 15.0 Å². The summed E-state index contributed by atoms with van der Waals surface area (Å²) in [6.07, 6.45) is 3.18. The van der Waals surface area contributed by atoms with Crippen LogP contribution in [0.15, 0.2) is 47.9 Å². The topological polar surface area (TPSA) is 103 Å². The normalized spacial score (nSPS) is 10.6. The van der Waals surface area contributed by atoms with E-state index < -0.39 is 4.92 Å². The summed E-state index contributed by atoms with van der Waals surface area (Å²) in [5, 5.41) is 13.6. The van der Waals surface area contributed by atoms with Crippen LogP contribution in [0.4, 0.5) is 11.5 Å². The molecule has 20 heavy (non-hydrogen) atoms. The lowest BCUT2D eigenvalue weighted by atomic mass is 10.1. The maximum absolute atomic E-state index is 11.0. The van der Waals surface area contributed by atoms with Gasteiger partial charge in [-0.25, -0.2) is 9.97 Å². The number of benzene rings is 1. The lowest BCUT2D eigenvalue weighted by Gasteiger charge is -1.97. The van der Waals surface area contributed by atoms with Crippen LogP contribution in [0.25, 0.3) is 17.0 Å². The zero-order chi connectivity index (χ0) is 14.1. The molecule has 0 aliphatic rings. The minimum atomic E-state index is -0.492. The molecular formula is C12H7N5O3. The van der Waals surface area contributed by atoms with Crippen molar-refractivity contribution < 1.29 is 4.92 Å². The Morgan fingerprint density at radius 1 is 1.25 bits per heavy atom. The third-order valence-corrected chi connectivity index (χ3v) is 2.82. The molecule has 3 rings (SSSR count). The Morgan fingerprint density at radius 2 is 2.00 bits per heavy atom. The Morgan fingerprint density at radius 3 is 2.65 bits per heavy atom. The molecule has 0 radical (unpaired) electrons. The zero-order valence-corrected chi connectivity index (χ0v) is 10.0. The minimum absolute atomic E-state index is 0.0312. The Balaban J connectivity index is 2.18. The minimum Gasteiger partial charge on any atom is -0.265 e. The van der Waals surface area contributed by atoms with Gasteiger partial charge in [0.05, 0.1) is 4.92 Å². The molecule has 8 nitrogen and oxygen atoms in total. The highest BCUT2D eigenvalue weighted by Gasteiger charge is 2.16. The molecule has 0 bridgehead atoms. The second-order valence-corrected chi connectivity index (χ2v) is 3.97. The summed E-state index contributed by atoms with van der Waals surface area (Å²) < 4.78 is 1.46. The molecule has 1 aromatic carbocycles. The van der Waals surface area contributed by atoms with Crippen LogP contribution in [0.3, 0.4) is 0 Å². The Labute approximate surface area is 111 Å². The van der Waals surface area contributed by atoms with E-state index in [1.807, 2.05) is 0 Å². The Kier molecular flexibility index (Phi) is 2.68. The molecular weight excluding hydrogens is 262 g/mol. The number of rotatable bonds is 3. The van der Waals surface area contributed by atoms with Gasteiger partial charge in [-0.15, -0.1) is 4.91 Å². The first-order valence-corrected chi connectivity index (χ1v) is 5.62. The van der Waals surface area contributed by atoms with Crippen molar-refractivity contribution in [1.82, 2.24) is 14.4 Å². The van der Waals surface area contributed by atoms with E-state index in [0.29, 0.717) is 17.0 Å². The number of hydrogen-bond donors (Lipinski definition) is 0. The first kappa shape index (κ1) is 11.9. The molecule has 3 aromatic rings. The summed E-state index contributed by atoms with van der Waals surface area (Å²) >= 11 is 0. The second kappa shape index (κ2) is 4.50. The van der Waals surface area contributed by atoms with Crippen molar-refractivity contribution in [2.24, 2.45) is 5.18 Å². The molecule has 0 saturated carbocycles. The van der Waals surface area contributed by atoms with E-state index in [2.05, 4.69) is 15.1 Å². The van der Waals surface area contributed by atoms with Gasteiger partial charge in [0.2, 0.25) is 11.6 Å². The van der Waals surface area contributed by atoms with Crippen LogP contribution >= 0.6 is 0 Å². The largest absolute Gasteiger partial charge is 0.269 e. The molecule has 0 saturated heterocycles. The maximum Gasteiger partial charge on any atom is 0.269 e. The molecule has 0 aliphatic heterocycles. The van der Waals surface area contributed by atoms with Gasteiger partial charge < -0.3 is 0 Å². The summed E-state index contributed by atoms with van der Waals surface area (Å²) in [6.45, 7) is 0. The van der Waals surface area contributed by atoms with Gasteiger partial charge in [-0.3, -0.25) is 14.5 Å². The number of hydrogen-bond acceptors (Lipinski definition) is 6. The van der Waals surface area contributed by atoms with Gasteiger partial charge in [-0.05, 0) is 23.4 Å². The molecule has 98 valence electrons. The monoisotopic (exact) mass is 269 g/mol. The average molecular weight is 269 g/mol. The number of nitro groups is 1. The van der Waals surface area contributed by atoms with Gasteiger partial charge in [0.25, 0.3) is 5.69 Å². The summed E-state index contributed by atoms with van der Waals surface area (Å²) in [6, 6.07) is 7.40. The van der Waals surface area contributed by atoms with Gasteiger partial charge in [-0.2, -0.15) is 0 Å². The van der Waals surface area contributed by atoms with Crippen LogP contribution in [-0.4, -0.2) is 19.3 Å². The maximum atomic E-state index is 11.0. The second-order valence-electron chi connectivity index (χ2n) is 3.97.